The van der Waals surface area contributed by atoms with Gasteiger partial charge < -0.3 is 19.7 Å². The molecule has 1 aliphatic carbocycles. The summed E-state index contributed by atoms with van der Waals surface area (Å²) in [6, 6.07) is 13.9. The quantitative estimate of drug-likeness (QED) is 0.458. The Hall–Kier alpha value is -3.61. The molecule has 1 aliphatic rings. The minimum atomic E-state index is -0.453. The Morgan fingerprint density at radius 3 is 2.33 bits per heavy atom. The van der Waals surface area contributed by atoms with Gasteiger partial charge in [-0.25, -0.2) is 14.8 Å². The molecule has 1 heterocycles. The predicted octanol–water partition coefficient (Wildman–Crippen LogP) is 5.83. The van der Waals surface area contributed by atoms with E-state index in [1.54, 1.807) is 37.7 Å². The number of hydrogen-bond acceptors (Lipinski definition) is 7. The van der Waals surface area contributed by atoms with Gasteiger partial charge in [0.15, 0.2) is 0 Å². The lowest BCUT2D eigenvalue weighted by Gasteiger charge is -2.23. The van der Waals surface area contributed by atoms with E-state index in [2.05, 4.69) is 39.6 Å². The SMILES string of the molecule is COC(=O)c1cc(OC)ccc1Nc1cnc(N(C)c2ccc(C3CCCCC3)cc2)nc1. The molecule has 0 unspecified atom stereocenters. The number of carbonyl (C=O) groups is 1. The number of benzene rings is 2. The van der Waals surface area contributed by atoms with Crippen molar-refractivity contribution in [2.24, 2.45) is 0 Å². The van der Waals surface area contributed by atoms with Gasteiger partial charge in [0, 0.05) is 12.7 Å². The van der Waals surface area contributed by atoms with Crippen molar-refractivity contribution in [1.82, 2.24) is 9.97 Å². The molecule has 1 aromatic heterocycles. The summed E-state index contributed by atoms with van der Waals surface area (Å²) in [5, 5.41) is 3.19. The number of ether oxygens (including phenoxy) is 2. The Morgan fingerprint density at radius 1 is 1.00 bits per heavy atom. The average Bonchev–Trinajstić information content (AvgIpc) is 2.89. The number of esters is 1. The van der Waals surface area contributed by atoms with Crippen LogP contribution in [0.3, 0.4) is 0 Å². The summed E-state index contributed by atoms with van der Waals surface area (Å²) in [4.78, 5) is 23.1. The molecule has 0 saturated heterocycles. The number of anilines is 4. The van der Waals surface area contributed by atoms with Gasteiger partial charge in [-0.2, -0.15) is 0 Å². The summed E-state index contributed by atoms with van der Waals surface area (Å²) in [5.41, 5.74) is 4.09. The summed E-state index contributed by atoms with van der Waals surface area (Å²) in [6.07, 6.45) is 10.00. The minimum Gasteiger partial charge on any atom is -0.497 e. The molecule has 3 aromatic rings. The monoisotopic (exact) mass is 446 g/mol. The van der Waals surface area contributed by atoms with Gasteiger partial charge in [0.2, 0.25) is 5.95 Å². The lowest BCUT2D eigenvalue weighted by Crippen LogP contribution is -2.13. The maximum Gasteiger partial charge on any atom is 0.340 e. The van der Waals surface area contributed by atoms with Crippen LogP contribution in [0.25, 0.3) is 0 Å². The Bertz CT molecular complexity index is 1080. The highest BCUT2D eigenvalue weighted by Gasteiger charge is 2.17. The fourth-order valence-electron chi connectivity index (χ4n) is 4.27. The number of aromatic nitrogens is 2. The van der Waals surface area contributed by atoms with Gasteiger partial charge >= 0.3 is 5.97 Å². The van der Waals surface area contributed by atoms with Gasteiger partial charge in [0.1, 0.15) is 5.75 Å². The van der Waals surface area contributed by atoms with Crippen LogP contribution in [0, 0.1) is 0 Å². The first-order valence-electron chi connectivity index (χ1n) is 11.3. The van der Waals surface area contributed by atoms with Crippen LogP contribution in [0.15, 0.2) is 54.9 Å². The lowest BCUT2D eigenvalue weighted by molar-refractivity contribution is 0.0601. The highest BCUT2D eigenvalue weighted by molar-refractivity contribution is 5.97. The third-order valence-electron chi connectivity index (χ3n) is 6.21. The molecular formula is C26H30N4O3. The molecule has 0 aliphatic heterocycles. The highest BCUT2D eigenvalue weighted by Crippen LogP contribution is 2.34. The Balaban J connectivity index is 1.46. The minimum absolute atomic E-state index is 0.371. The molecule has 7 heteroatoms. The first-order valence-corrected chi connectivity index (χ1v) is 11.3. The second kappa shape index (κ2) is 10.3. The van der Waals surface area contributed by atoms with Gasteiger partial charge in [-0.15, -0.1) is 0 Å². The third kappa shape index (κ3) is 5.25. The first-order chi connectivity index (χ1) is 16.1. The normalized spacial score (nSPS) is 13.9. The van der Waals surface area contributed by atoms with E-state index in [4.69, 9.17) is 9.47 Å². The van der Waals surface area contributed by atoms with Crippen LogP contribution >= 0.6 is 0 Å². The van der Waals surface area contributed by atoms with Crippen molar-refractivity contribution in [3.05, 3.63) is 66.0 Å². The summed E-state index contributed by atoms with van der Waals surface area (Å²) in [6.45, 7) is 0. The van der Waals surface area contributed by atoms with E-state index < -0.39 is 5.97 Å². The molecule has 0 amide bonds. The first kappa shape index (κ1) is 22.6. The van der Waals surface area contributed by atoms with Crippen molar-refractivity contribution < 1.29 is 14.3 Å². The third-order valence-corrected chi connectivity index (χ3v) is 6.21. The highest BCUT2D eigenvalue weighted by atomic mass is 16.5. The van der Waals surface area contributed by atoms with Crippen LogP contribution in [0.4, 0.5) is 23.0 Å². The number of nitrogens with zero attached hydrogens (tertiary/aromatic N) is 3. The number of hydrogen-bond donors (Lipinski definition) is 1. The molecule has 1 N–H and O–H groups in total. The molecule has 0 atom stereocenters. The number of nitrogens with one attached hydrogen (secondary N) is 1. The van der Waals surface area contributed by atoms with Crippen LogP contribution in [0.5, 0.6) is 5.75 Å². The molecule has 0 radical (unpaired) electrons. The van der Waals surface area contributed by atoms with Crippen LogP contribution in [0.2, 0.25) is 0 Å². The second-order valence-corrected chi connectivity index (χ2v) is 8.29. The van der Waals surface area contributed by atoms with E-state index in [0.29, 0.717) is 34.6 Å². The smallest absolute Gasteiger partial charge is 0.340 e. The summed E-state index contributed by atoms with van der Waals surface area (Å²) in [7, 11) is 4.86. The predicted molar refractivity (Wildman–Crippen MR) is 130 cm³/mol. The topological polar surface area (TPSA) is 76.6 Å². The molecule has 0 spiro atoms. The molecule has 7 nitrogen and oxygen atoms in total. The summed E-state index contributed by atoms with van der Waals surface area (Å²) < 4.78 is 10.1. The molecule has 1 saturated carbocycles. The van der Waals surface area contributed by atoms with E-state index in [0.717, 1.165) is 5.69 Å². The number of carbonyl (C=O) groups excluding carboxylic acids is 1. The maximum absolute atomic E-state index is 12.2. The van der Waals surface area contributed by atoms with Crippen LogP contribution in [-0.4, -0.2) is 37.2 Å². The van der Waals surface area contributed by atoms with E-state index in [1.165, 1.54) is 44.8 Å². The Morgan fingerprint density at radius 2 is 1.70 bits per heavy atom. The van der Waals surface area contributed by atoms with Crippen molar-refractivity contribution in [2.45, 2.75) is 38.0 Å². The van der Waals surface area contributed by atoms with E-state index in [1.807, 2.05) is 11.9 Å². The zero-order valence-electron chi connectivity index (χ0n) is 19.4. The summed E-state index contributed by atoms with van der Waals surface area (Å²) in [5.74, 6) is 1.40. The van der Waals surface area contributed by atoms with Crippen molar-refractivity contribution >= 4 is 29.0 Å². The largest absolute Gasteiger partial charge is 0.497 e. The van der Waals surface area contributed by atoms with E-state index in [-0.39, 0.29) is 0 Å². The molecular weight excluding hydrogens is 416 g/mol. The van der Waals surface area contributed by atoms with Gasteiger partial charge in [0.25, 0.3) is 0 Å². The molecule has 33 heavy (non-hydrogen) atoms. The van der Waals surface area contributed by atoms with E-state index >= 15 is 0 Å². The van der Waals surface area contributed by atoms with E-state index in [9.17, 15) is 4.79 Å². The van der Waals surface area contributed by atoms with Crippen LogP contribution in [-0.2, 0) is 4.74 Å². The number of rotatable bonds is 7. The van der Waals surface area contributed by atoms with Crippen molar-refractivity contribution in [3.63, 3.8) is 0 Å². The molecule has 1 fully saturated rings. The van der Waals surface area contributed by atoms with Gasteiger partial charge in [-0.3, -0.25) is 0 Å². The average molecular weight is 447 g/mol. The zero-order valence-corrected chi connectivity index (χ0v) is 19.4. The molecule has 0 bridgehead atoms. The Kier molecular flexibility index (Phi) is 7.07. The van der Waals surface area contributed by atoms with Gasteiger partial charge in [0.05, 0.1) is 43.6 Å². The molecule has 172 valence electrons. The van der Waals surface area contributed by atoms with Crippen LogP contribution in [0.1, 0.15) is 53.9 Å². The van der Waals surface area contributed by atoms with Crippen molar-refractivity contribution in [1.29, 1.82) is 0 Å². The van der Waals surface area contributed by atoms with Crippen molar-refractivity contribution in [3.8, 4) is 5.75 Å². The summed E-state index contributed by atoms with van der Waals surface area (Å²) >= 11 is 0. The standard InChI is InChI=1S/C26H30N4O3/c1-30(21-11-9-19(10-12-21)18-7-5-4-6-8-18)26-27-16-20(17-28-26)29-24-14-13-22(32-2)15-23(24)25(31)33-3/h9-18,29H,4-8H2,1-3H3. The molecule has 4 rings (SSSR count). The Labute approximate surface area is 194 Å². The lowest BCUT2D eigenvalue weighted by atomic mass is 9.84. The zero-order chi connectivity index (χ0) is 23.2. The van der Waals surface area contributed by atoms with Crippen molar-refractivity contribution in [2.75, 3.05) is 31.5 Å². The maximum atomic E-state index is 12.2. The fraction of sp³-hybridized carbons (Fsp3) is 0.346. The van der Waals surface area contributed by atoms with Gasteiger partial charge in [-0.1, -0.05) is 31.4 Å². The number of methoxy groups -OCH3 is 2. The van der Waals surface area contributed by atoms with Crippen LogP contribution < -0.4 is 15.0 Å². The second-order valence-electron chi connectivity index (χ2n) is 8.29. The fourth-order valence-corrected chi connectivity index (χ4v) is 4.27. The molecule has 2 aromatic carbocycles. The van der Waals surface area contributed by atoms with Gasteiger partial charge in [-0.05, 0) is 54.7 Å².